The third-order valence-corrected chi connectivity index (χ3v) is 4.00. The van der Waals surface area contributed by atoms with Gasteiger partial charge in [-0.15, -0.1) is 0 Å². The predicted octanol–water partition coefficient (Wildman–Crippen LogP) is 1.60. The molecule has 0 radical (unpaired) electrons. The fourth-order valence-electron chi connectivity index (χ4n) is 1.79. The van der Waals surface area contributed by atoms with Crippen LogP contribution in [0.4, 0.5) is 4.39 Å². The van der Waals surface area contributed by atoms with Crippen LogP contribution in [0.5, 0.6) is 0 Å². The van der Waals surface area contributed by atoms with Gasteiger partial charge in [0.25, 0.3) is 0 Å². The smallest absolute Gasteiger partial charge is 0.123 e. The van der Waals surface area contributed by atoms with E-state index >= 15 is 0 Å². The van der Waals surface area contributed by atoms with Crippen molar-refractivity contribution >= 4 is 10.8 Å². The highest BCUT2D eigenvalue weighted by Crippen LogP contribution is 2.30. The number of nitrogens with one attached hydrogen (secondary N) is 1. The fraction of sp³-hybridized carbons (Fsp3) is 0.400. The Morgan fingerprint density at radius 2 is 2.36 bits per heavy atom. The summed E-state index contributed by atoms with van der Waals surface area (Å²) in [5, 5.41) is 3.11. The number of benzene rings is 1. The molecule has 14 heavy (non-hydrogen) atoms. The van der Waals surface area contributed by atoms with Crippen LogP contribution < -0.4 is 5.32 Å². The van der Waals surface area contributed by atoms with Crippen LogP contribution in [0.3, 0.4) is 0 Å². The van der Waals surface area contributed by atoms with Gasteiger partial charge in [0.05, 0.1) is 10.8 Å². The first-order valence-electron chi connectivity index (χ1n) is 4.57. The fourth-order valence-corrected chi connectivity index (χ4v) is 3.14. The Balaban J connectivity index is 2.51. The van der Waals surface area contributed by atoms with E-state index in [1.807, 2.05) is 7.05 Å². The monoisotopic (exact) mass is 213 g/mol. The summed E-state index contributed by atoms with van der Waals surface area (Å²) >= 11 is 0. The first-order chi connectivity index (χ1) is 6.72. The molecule has 1 aromatic rings. The summed E-state index contributed by atoms with van der Waals surface area (Å²) in [4.78, 5) is 0.775. The largest absolute Gasteiger partial charge is 0.313 e. The lowest BCUT2D eigenvalue weighted by molar-refractivity contribution is 0.544. The van der Waals surface area contributed by atoms with E-state index in [4.69, 9.17) is 0 Å². The predicted molar refractivity (Wildman–Crippen MR) is 54.1 cm³/mol. The molecular formula is C10H12FNOS. The van der Waals surface area contributed by atoms with E-state index < -0.39 is 10.8 Å². The summed E-state index contributed by atoms with van der Waals surface area (Å²) in [6, 6.07) is 4.62. The highest BCUT2D eigenvalue weighted by molar-refractivity contribution is 7.85. The molecule has 2 atom stereocenters. The van der Waals surface area contributed by atoms with Crippen molar-refractivity contribution in [3.05, 3.63) is 29.6 Å². The lowest BCUT2D eigenvalue weighted by atomic mass is 10.0. The minimum absolute atomic E-state index is 0.137. The molecular weight excluding hydrogens is 201 g/mol. The molecule has 1 heterocycles. The van der Waals surface area contributed by atoms with Crippen LogP contribution in [0.1, 0.15) is 18.0 Å². The van der Waals surface area contributed by atoms with Crippen molar-refractivity contribution in [2.75, 3.05) is 12.8 Å². The average Bonchev–Trinajstić information content (AvgIpc) is 2.18. The normalized spacial score (nSPS) is 25.9. The van der Waals surface area contributed by atoms with Gasteiger partial charge in [-0.05, 0) is 37.2 Å². The first kappa shape index (κ1) is 9.80. The zero-order valence-corrected chi connectivity index (χ0v) is 8.73. The zero-order valence-electron chi connectivity index (χ0n) is 7.92. The number of hydrogen-bond donors (Lipinski definition) is 1. The second-order valence-electron chi connectivity index (χ2n) is 3.36. The molecule has 1 aliphatic rings. The van der Waals surface area contributed by atoms with Crippen LogP contribution in [0.15, 0.2) is 23.1 Å². The average molecular weight is 213 g/mol. The zero-order chi connectivity index (χ0) is 10.1. The van der Waals surface area contributed by atoms with E-state index in [1.165, 1.54) is 12.1 Å². The molecule has 0 saturated carbocycles. The van der Waals surface area contributed by atoms with Crippen LogP contribution in [-0.4, -0.2) is 17.0 Å². The van der Waals surface area contributed by atoms with Gasteiger partial charge in [0.1, 0.15) is 5.82 Å². The van der Waals surface area contributed by atoms with E-state index in [-0.39, 0.29) is 11.9 Å². The van der Waals surface area contributed by atoms with E-state index in [9.17, 15) is 8.60 Å². The molecule has 0 bridgehead atoms. The second-order valence-corrected chi connectivity index (χ2v) is 4.90. The molecule has 2 unspecified atom stereocenters. The molecule has 0 aliphatic carbocycles. The summed E-state index contributed by atoms with van der Waals surface area (Å²) in [5.74, 6) is 0.396. The Morgan fingerprint density at radius 1 is 1.57 bits per heavy atom. The van der Waals surface area contributed by atoms with Gasteiger partial charge in [0, 0.05) is 16.7 Å². The van der Waals surface area contributed by atoms with Crippen LogP contribution in [0, 0.1) is 5.82 Å². The molecule has 2 nitrogen and oxygen atoms in total. The van der Waals surface area contributed by atoms with E-state index in [0.717, 1.165) is 16.9 Å². The third-order valence-electron chi connectivity index (χ3n) is 2.53. The lowest BCUT2D eigenvalue weighted by Gasteiger charge is -2.24. The van der Waals surface area contributed by atoms with Crippen molar-refractivity contribution in [3.63, 3.8) is 0 Å². The Morgan fingerprint density at radius 3 is 3.07 bits per heavy atom. The number of halogens is 1. The van der Waals surface area contributed by atoms with E-state index in [2.05, 4.69) is 5.32 Å². The van der Waals surface area contributed by atoms with Crippen molar-refractivity contribution in [2.45, 2.75) is 17.4 Å². The quantitative estimate of drug-likeness (QED) is 0.767. The van der Waals surface area contributed by atoms with Gasteiger partial charge < -0.3 is 5.32 Å². The molecule has 0 fully saturated rings. The van der Waals surface area contributed by atoms with Crippen molar-refractivity contribution < 1.29 is 8.60 Å². The summed E-state index contributed by atoms with van der Waals surface area (Å²) < 4.78 is 24.6. The standard InChI is InChI=1S/C10H12FNOS/c1-12-9-4-5-14(13)10-3-2-7(11)6-8(9)10/h2-3,6,9,12H,4-5H2,1H3. The van der Waals surface area contributed by atoms with Crippen molar-refractivity contribution in [1.82, 2.24) is 5.32 Å². The third kappa shape index (κ3) is 1.60. The molecule has 0 saturated heterocycles. The van der Waals surface area contributed by atoms with Gasteiger partial charge in [-0.2, -0.15) is 0 Å². The molecule has 0 spiro atoms. The van der Waals surface area contributed by atoms with E-state index in [1.54, 1.807) is 6.07 Å². The van der Waals surface area contributed by atoms with Gasteiger partial charge >= 0.3 is 0 Å². The Labute approximate surface area is 85.0 Å². The number of fused-ring (bicyclic) bond motifs is 1. The Kier molecular flexibility index (Phi) is 2.65. The maximum Gasteiger partial charge on any atom is 0.123 e. The highest BCUT2D eigenvalue weighted by atomic mass is 32.2. The molecule has 1 N–H and O–H groups in total. The summed E-state index contributed by atoms with van der Waals surface area (Å²) in [6.07, 6.45) is 0.805. The van der Waals surface area contributed by atoms with Gasteiger partial charge in [-0.3, -0.25) is 4.21 Å². The molecule has 76 valence electrons. The first-order valence-corrected chi connectivity index (χ1v) is 5.89. The Bertz CT molecular complexity index is 380. The van der Waals surface area contributed by atoms with Gasteiger partial charge in [-0.25, -0.2) is 4.39 Å². The molecule has 1 aliphatic heterocycles. The SMILES string of the molecule is CNC1CCS(=O)c2ccc(F)cc21. The topological polar surface area (TPSA) is 29.1 Å². The molecule has 2 rings (SSSR count). The minimum Gasteiger partial charge on any atom is -0.313 e. The van der Waals surface area contributed by atoms with Gasteiger partial charge in [0.2, 0.25) is 0 Å². The van der Waals surface area contributed by atoms with Crippen LogP contribution in [0.2, 0.25) is 0 Å². The summed E-state index contributed by atoms with van der Waals surface area (Å²) in [6.45, 7) is 0. The number of hydrogen-bond acceptors (Lipinski definition) is 2. The molecule has 0 aromatic heterocycles. The highest BCUT2D eigenvalue weighted by Gasteiger charge is 2.23. The second kappa shape index (κ2) is 3.79. The minimum atomic E-state index is -0.952. The van der Waals surface area contributed by atoms with Crippen LogP contribution >= 0.6 is 0 Å². The molecule has 4 heteroatoms. The molecule has 0 amide bonds. The van der Waals surface area contributed by atoms with Crippen molar-refractivity contribution in [3.8, 4) is 0 Å². The number of rotatable bonds is 1. The van der Waals surface area contributed by atoms with Crippen molar-refractivity contribution in [1.29, 1.82) is 0 Å². The van der Waals surface area contributed by atoms with Gasteiger partial charge in [-0.1, -0.05) is 0 Å². The maximum absolute atomic E-state index is 13.0. The van der Waals surface area contributed by atoms with Crippen LogP contribution in [0.25, 0.3) is 0 Å². The lowest BCUT2D eigenvalue weighted by Crippen LogP contribution is -2.24. The summed E-state index contributed by atoms with van der Waals surface area (Å²) in [7, 11) is 0.888. The Hall–Kier alpha value is -0.740. The van der Waals surface area contributed by atoms with Crippen LogP contribution in [-0.2, 0) is 10.8 Å². The van der Waals surface area contributed by atoms with Crippen molar-refractivity contribution in [2.24, 2.45) is 0 Å². The summed E-state index contributed by atoms with van der Waals surface area (Å²) in [5.41, 5.74) is 0.845. The van der Waals surface area contributed by atoms with E-state index in [0.29, 0.717) is 5.75 Å². The maximum atomic E-state index is 13.0. The van der Waals surface area contributed by atoms with Gasteiger partial charge in [0.15, 0.2) is 0 Å². The molecule has 1 aromatic carbocycles.